The van der Waals surface area contributed by atoms with Crippen molar-refractivity contribution in [2.24, 2.45) is 14.1 Å². The maximum Gasteiger partial charge on any atom is 0.332 e. The van der Waals surface area contributed by atoms with E-state index in [2.05, 4.69) is 4.98 Å². The number of rotatable bonds is 4. The summed E-state index contributed by atoms with van der Waals surface area (Å²) in [6.45, 7) is 2.52. The van der Waals surface area contributed by atoms with Gasteiger partial charge in [0.2, 0.25) is 6.79 Å². The average molecular weight is 420 g/mol. The molecule has 0 amide bonds. The number of nitrogens with zero attached hydrogens (tertiary/aromatic N) is 4. The molecule has 3 heterocycles. The van der Waals surface area contributed by atoms with Gasteiger partial charge in [-0.1, -0.05) is 29.8 Å². The molecule has 4 aromatic rings. The Kier molecular flexibility index (Phi) is 4.32. The zero-order valence-corrected chi connectivity index (χ0v) is 17.3. The Labute approximate surface area is 176 Å². The zero-order valence-electron chi connectivity index (χ0n) is 17.3. The zero-order chi connectivity index (χ0) is 21.7. The predicted octanol–water partition coefficient (Wildman–Crippen LogP) is 2.31. The van der Waals surface area contributed by atoms with Gasteiger partial charge in [0, 0.05) is 20.2 Å². The van der Waals surface area contributed by atoms with Crippen molar-refractivity contribution in [3.63, 3.8) is 0 Å². The Morgan fingerprint density at radius 1 is 1.00 bits per heavy atom. The van der Waals surface area contributed by atoms with E-state index in [1.807, 2.05) is 31.2 Å². The number of ether oxygens (including phenoxy) is 3. The molecule has 5 rings (SSSR count). The van der Waals surface area contributed by atoms with E-state index in [1.165, 1.54) is 11.6 Å². The van der Waals surface area contributed by atoms with Gasteiger partial charge in [0.25, 0.3) is 5.56 Å². The number of hydrogen-bond donors (Lipinski definition) is 0. The second-order valence-electron chi connectivity index (χ2n) is 7.46. The molecule has 1 aliphatic heterocycles. The van der Waals surface area contributed by atoms with Crippen molar-refractivity contribution in [1.29, 1.82) is 0 Å². The molecule has 9 heteroatoms. The first-order valence-corrected chi connectivity index (χ1v) is 9.71. The van der Waals surface area contributed by atoms with Gasteiger partial charge in [-0.25, -0.2) is 4.79 Å². The van der Waals surface area contributed by atoms with E-state index >= 15 is 0 Å². The highest BCUT2D eigenvalue weighted by atomic mass is 16.7. The standard InChI is InChI=1S/C22H20N4O5/c1-13-4-6-14(7-5-13)11-26-18-19(24(2)22(28)25(3)20(18)27)23-21(26)31-15-8-9-16-17(10-15)30-12-29-16/h4-10H,11-12H2,1-3H3. The minimum absolute atomic E-state index is 0.156. The summed E-state index contributed by atoms with van der Waals surface area (Å²) in [5.41, 5.74) is 1.77. The van der Waals surface area contributed by atoms with Crippen molar-refractivity contribution in [1.82, 2.24) is 18.7 Å². The molecule has 2 aromatic heterocycles. The van der Waals surface area contributed by atoms with Crippen LogP contribution in [0, 0.1) is 6.92 Å². The van der Waals surface area contributed by atoms with Gasteiger partial charge in [-0.2, -0.15) is 4.98 Å². The van der Waals surface area contributed by atoms with Crippen LogP contribution in [0.4, 0.5) is 0 Å². The lowest BCUT2D eigenvalue weighted by molar-refractivity contribution is 0.174. The van der Waals surface area contributed by atoms with Gasteiger partial charge in [0.1, 0.15) is 5.75 Å². The van der Waals surface area contributed by atoms with Crippen LogP contribution in [0.3, 0.4) is 0 Å². The monoisotopic (exact) mass is 420 g/mol. The third kappa shape index (κ3) is 3.14. The average Bonchev–Trinajstić information content (AvgIpc) is 3.37. The Bertz CT molecular complexity index is 1430. The van der Waals surface area contributed by atoms with Crippen LogP contribution < -0.4 is 25.5 Å². The van der Waals surface area contributed by atoms with E-state index in [1.54, 1.807) is 29.8 Å². The molecule has 0 spiro atoms. The van der Waals surface area contributed by atoms with Crippen LogP contribution >= 0.6 is 0 Å². The minimum Gasteiger partial charge on any atom is -0.454 e. The maximum atomic E-state index is 13.0. The summed E-state index contributed by atoms with van der Waals surface area (Å²) in [5.74, 6) is 1.69. The first-order chi connectivity index (χ1) is 14.9. The van der Waals surface area contributed by atoms with Crippen molar-refractivity contribution in [3.8, 4) is 23.3 Å². The van der Waals surface area contributed by atoms with E-state index < -0.39 is 11.2 Å². The third-order valence-electron chi connectivity index (χ3n) is 5.33. The molecule has 0 saturated carbocycles. The van der Waals surface area contributed by atoms with E-state index in [4.69, 9.17) is 14.2 Å². The van der Waals surface area contributed by atoms with Gasteiger partial charge in [-0.3, -0.25) is 18.5 Å². The molecule has 0 aliphatic carbocycles. The van der Waals surface area contributed by atoms with Gasteiger partial charge >= 0.3 is 11.7 Å². The largest absolute Gasteiger partial charge is 0.454 e. The highest BCUT2D eigenvalue weighted by molar-refractivity contribution is 5.72. The third-order valence-corrected chi connectivity index (χ3v) is 5.33. The first-order valence-electron chi connectivity index (χ1n) is 9.71. The summed E-state index contributed by atoms with van der Waals surface area (Å²) in [6.07, 6.45) is 0. The number of aromatic nitrogens is 4. The minimum atomic E-state index is -0.452. The number of fused-ring (bicyclic) bond motifs is 2. The van der Waals surface area contributed by atoms with E-state index in [-0.39, 0.29) is 18.5 Å². The molecule has 0 saturated heterocycles. The number of benzene rings is 2. The van der Waals surface area contributed by atoms with Crippen LogP contribution in [0.15, 0.2) is 52.1 Å². The second kappa shape index (κ2) is 7.05. The second-order valence-corrected chi connectivity index (χ2v) is 7.46. The van der Waals surface area contributed by atoms with E-state index in [9.17, 15) is 9.59 Å². The summed E-state index contributed by atoms with van der Waals surface area (Å²) in [7, 11) is 3.03. The fourth-order valence-electron chi connectivity index (χ4n) is 3.57. The molecule has 0 unspecified atom stereocenters. The van der Waals surface area contributed by atoms with Crippen LogP contribution in [-0.4, -0.2) is 25.5 Å². The summed E-state index contributed by atoms with van der Waals surface area (Å²) >= 11 is 0. The Morgan fingerprint density at radius 3 is 2.52 bits per heavy atom. The maximum absolute atomic E-state index is 13.0. The van der Waals surface area contributed by atoms with Crippen molar-refractivity contribution < 1.29 is 14.2 Å². The smallest absolute Gasteiger partial charge is 0.332 e. The van der Waals surface area contributed by atoms with E-state index in [0.29, 0.717) is 29.3 Å². The molecule has 0 radical (unpaired) electrons. The summed E-state index contributed by atoms with van der Waals surface area (Å²) in [5, 5.41) is 0. The van der Waals surface area contributed by atoms with Crippen molar-refractivity contribution in [2.75, 3.05) is 6.79 Å². The van der Waals surface area contributed by atoms with E-state index in [0.717, 1.165) is 15.7 Å². The molecular formula is C22H20N4O5. The van der Waals surface area contributed by atoms with Gasteiger partial charge < -0.3 is 14.2 Å². The molecular weight excluding hydrogens is 400 g/mol. The van der Waals surface area contributed by atoms with Crippen molar-refractivity contribution in [3.05, 3.63) is 74.4 Å². The number of imidazole rings is 1. The molecule has 158 valence electrons. The molecule has 0 fully saturated rings. The lowest BCUT2D eigenvalue weighted by Gasteiger charge is -2.11. The quantitative estimate of drug-likeness (QED) is 0.503. The highest BCUT2D eigenvalue weighted by Gasteiger charge is 2.22. The van der Waals surface area contributed by atoms with Gasteiger partial charge in [0.15, 0.2) is 22.7 Å². The molecule has 0 atom stereocenters. The molecule has 1 aliphatic rings. The highest BCUT2D eigenvalue weighted by Crippen LogP contribution is 2.36. The van der Waals surface area contributed by atoms with Crippen LogP contribution in [0.1, 0.15) is 11.1 Å². The molecule has 0 N–H and O–H groups in total. The molecule has 0 bridgehead atoms. The summed E-state index contributed by atoms with van der Waals surface area (Å²) in [6, 6.07) is 13.4. The molecule has 9 nitrogen and oxygen atoms in total. The van der Waals surface area contributed by atoms with Crippen molar-refractivity contribution >= 4 is 11.2 Å². The summed E-state index contributed by atoms with van der Waals surface area (Å²) in [4.78, 5) is 29.9. The fraction of sp³-hybridized carbons (Fsp3) is 0.227. The van der Waals surface area contributed by atoms with Crippen LogP contribution in [-0.2, 0) is 20.6 Å². The van der Waals surface area contributed by atoms with Gasteiger partial charge in [-0.05, 0) is 24.6 Å². The lowest BCUT2D eigenvalue weighted by Crippen LogP contribution is -2.37. The van der Waals surface area contributed by atoms with Crippen LogP contribution in [0.2, 0.25) is 0 Å². The topological polar surface area (TPSA) is 89.5 Å². The predicted molar refractivity (Wildman–Crippen MR) is 113 cm³/mol. The summed E-state index contributed by atoms with van der Waals surface area (Å²) < 4.78 is 20.9. The Morgan fingerprint density at radius 2 is 1.74 bits per heavy atom. The van der Waals surface area contributed by atoms with Crippen molar-refractivity contribution in [2.45, 2.75) is 13.5 Å². The Balaban J connectivity index is 1.68. The number of aryl methyl sites for hydroxylation is 2. The normalized spacial score (nSPS) is 12.5. The first kappa shape index (κ1) is 19.0. The van der Waals surface area contributed by atoms with Gasteiger partial charge in [-0.15, -0.1) is 0 Å². The number of hydrogen-bond acceptors (Lipinski definition) is 6. The lowest BCUT2D eigenvalue weighted by atomic mass is 10.1. The van der Waals surface area contributed by atoms with Crippen LogP contribution in [0.25, 0.3) is 11.2 Å². The van der Waals surface area contributed by atoms with Crippen LogP contribution in [0.5, 0.6) is 23.3 Å². The fourth-order valence-corrected chi connectivity index (χ4v) is 3.57. The van der Waals surface area contributed by atoms with Gasteiger partial charge in [0.05, 0.1) is 6.54 Å². The molecule has 31 heavy (non-hydrogen) atoms. The SMILES string of the molecule is Cc1ccc(Cn2c(Oc3ccc4c(c3)OCO4)nc3c2c(=O)n(C)c(=O)n3C)cc1. The molecule has 2 aromatic carbocycles. The Hall–Kier alpha value is -4.01.